The van der Waals surface area contributed by atoms with Crippen molar-refractivity contribution in [2.24, 2.45) is 0 Å². The van der Waals surface area contributed by atoms with Crippen molar-refractivity contribution in [3.63, 3.8) is 0 Å². The molecule has 0 saturated carbocycles. The minimum Gasteiger partial charge on any atom is -0.456 e. The first-order valence-corrected chi connectivity index (χ1v) is 44.2. The van der Waals surface area contributed by atoms with Crippen molar-refractivity contribution >= 4 is 263 Å². The van der Waals surface area contributed by atoms with Crippen LogP contribution in [0, 0.1) is 0 Å². The zero-order valence-electron chi connectivity index (χ0n) is 69.5. The fourth-order valence-electron chi connectivity index (χ4n) is 21.7. The summed E-state index contributed by atoms with van der Waals surface area (Å²) < 4.78 is 77.2. The van der Waals surface area contributed by atoms with E-state index in [0.29, 0.717) is 0 Å². The van der Waals surface area contributed by atoms with Crippen LogP contribution in [0.3, 0.4) is 0 Å². The summed E-state index contributed by atoms with van der Waals surface area (Å²) in [4.78, 5) is 0. The van der Waals surface area contributed by atoms with Gasteiger partial charge in [-0.15, -0.1) is 0 Å². The molecule has 12 aromatic heterocycles. The number of hydrogen-bond acceptors (Lipinski definition) is 12. The Kier molecular flexibility index (Phi) is 13.8. The molecule has 0 aliphatic rings. The number of benzene rings is 20. The molecule has 12 heteroatoms. The van der Waals surface area contributed by atoms with Crippen LogP contribution in [-0.4, -0.2) is 0 Å². The van der Waals surface area contributed by atoms with Gasteiger partial charge in [-0.25, -0.2) is 0 Å². The van der Waals surface area contributed by atoms with Gasteiger partial charge < -0.3 is 53.0 Å². The van der Waals surface area contributed by atoms with Crippen LogP contribution < -0.4 is 0 Å². The second-order valence-electron chi connectivity index (χ2n) is 34.9. The third-order valence-electron chi connectivity index (χ3n) is 27.7. The molecule has 0 unspecified atom stereocenters. The highest BCUT2D eigenvalue weighted by atomic mass is 16.4. The molecule has 32 rings (SSSR count). The van der Waals surface area contributed by atoms with Gasteiger partial charge >= 0.3 is 0 Å². The van der Waals surface area contributed by atoms with Crippen LogP contribution in [0.5, 0.6) is 0 Å². The number of furan rings is 12. The molecule has 0 aliphatic carbocycles. The average molecular weight is 1690 g/mol. The SMILES string of the molecule is c1ccc2c(c1)oc1ccc3c4cc(-c5cc(-c6ccc7oc8c(ccc9oc%10ccccc%10c98)c7c6)cc(-c6ccc7oc8c(ccc9oc%10ccccc%10c98)c7c6)c5)ccc4oc3c12.c1ccc2c(c1)oc1ccc3oc4ccc(-c5cc(-c6ccc7oc8ccc9oc%10ccccc%10c9c8c7c6)cc(-c6ccc7oc8ccc9oc%10ccccc%10c9c8c7c6)c5)cc4c3c12. The minimum absolute atomic E-state index is 0.815. The van der Waals surface area contributed by atoms with Gasteiger partial charge in [0.2, 0.25) is 0 Å². The molecular weight excluding hydrogens is 1630 g/mol. The lowest BCUT2D eigenvalue weighted by Crippen LogP contribution is -1.87. The highest BCUT2D eigenvalue weighted by Crippen LogP contribution is 2.51. The normalized spacial score (nSPS) is 12.5. The summed E-state index contributed by atoms with van der Waals surface area (Å²) in [6, 6.07) is 127. The van der Waals surface area contributed by atoms with E-state index < -0.39 is 0 Å². The van der Waals surface area contributed by atoms with Gasteiger partial charge in [-0.2, -0.15) is 0 Å². The second kappa shape index (κ2) is 25.9. The van der Waals surface area contributed by atoms with Crippen LogP contribution in [0.25, 0.3) is 330 Å². The molecule has 0 amide bonds. The lowest BCUT2D eigenvalue weighted by molar-refractivity contribution is 0.662. The van der Waals surface area contributed by atoms with E-state index in [-0.39, 0.29) is 0 Å². The van der Waals surface area contributed by atoms with E-state index in [1.807, 2.05) is 127 Å². The van der Waals surface area contributed by atoms with E-state index in [4.69, 9.17) is 53.0 Å². The van der Waals surface area contributed by atoms with Gasteiger partial charge in [0.05, 0.1) is 16.2 Å². The van der Waals surface area contributed by atoms with E-state index >= 15 is 0 Å². The fourth-order valence-corrected chi connectivity index (χ4v) is 21.7. The molecule has 0 N–H and O–H groups in total. The van der Waals surface area contributed by atoms with Gasteiger partial charge in [0.25, 0.3) is 0 Å². The summed E-state index contributed by atoms with van der Waals surface area (Å²) in [5.74, 6) is 0. The highest BCUT2D eigenvalue weighted by Gasteiger charge is 2.27. The summed E-state index contributed by atoms with van der Waals surface area (Å²) in [6.45, 7) is 0. The largest absolute Gasteiger partial charge is 0.456 e. The van der Waals surface area contributed by atoms with Crippen molar-refractivity contribution in [2.45, 2.75) is 0 Å². The van der Waals surface area contributed by atoms with Gasteiger partial charge in [-0.3, -0.25) is 0 Å². The van der Waals surface area contributed by atoms with E-state index in [1.54, 1.807) is 0 Å². The quantitative estimate of drug-likeness (QED) is 0.155. The molecule has 612 valence electrons. The molecule has 0 fully saturated rings. The summed E-state index contributed by atoms with van der Waals surface area (Å²) in [7, 11) is 0. The maximum absolute atomic E-state index is 6.65. The molecule has 0 radical (unpaired) electrons. The van der Waals surface area contributed by atoms with Crippen LogP contribution >= 0.6 is 0 Å². The predicted molar refractivity (Wildman–Crippen MR) is 533 cm³/mol. The molecule has 32 aromatic rings. The third-order valence-corrected chi connectivity index (χ3v) is 27.7. The molecule has 0 spiro atoms. The van der Waals surface area contributed by atoms with Crippen molar-refractivity contribution in [2.75, 3.05) is 0 Å². The summed E-state index contributed by atoms with van der Waals surface area (Å²) in [6.07, 6.45) is 0. The first kappa shape index (κ1) is 70.2. The smallest absolute Gasteiger partial charge is 0.147 e. The molecule has 132 heavy (non-hydrogen) atoms. The molecule has 12 nitrogen and oxygen atoms in total. The predicted octanol–water partition coefficient (Wildman–Crippen LogP) is 36.2. The third kappa shape index (κ3) is 9.97. The molecule has 0 aliphatic heterocycles. The van der Waals surface area contributed by atoms with Gasteiger partial charge in [0.1, 0.15) is 134 Å². The lowest BCUT2D eigenvalue weighted by atomic mass is 9.91. The number of hydrogen-bond donors (Lipinski definition) is 0. The van der Waals surface area contributed by atoms with Gasteiger partial charge in [-0.1, -0.05) is 146 Å². The minimum atomic E-state index is 0.815. The molecule has 12 heterocycles. The molecule has 0 saturated heterocycles. The Morgan fingerprint density at radius 3 is 0.477 bits per heavy atom. The summed E-state index contributed by atoms with van der Waals surface area (Å²) >= 11 is 0. The Bertz CT molecular complexity index is 9770. The Morgan fingerprint density at radius 1 is 0.0909 bits per heavy atom. The molecular formula is C120H60O12. The topological polar surface area (TPSA) is 158 Å². The zero-order chi connectivity index (χ0) is 85.6. The summed E-state index contributed by atoms with van der Waals surface area (Å²) in [5, 5.41) is 25.1. The van der Waals surface area contributed by atoms with Crippen molar-refractivity contribution in [1.29, 1.82) is 0 Å². The van der Waals surface area contributed by atoms with Crippen molar-refractivity contribution in [3.8, 4) is 66.8 Å². The van der Waals surface area contributed by atoms with Crippen molar-refractivity contribution < 1.29 is 53.0 Å². The van der Waals surface area contributed by atoms with Gasteiger partial charge in [0, 0.05) is 113 Å². The standard InChI is InChI=1S/2C60H30O6/c1-4-10-46-40(7-1)55-52(61-46)22-16-37-43-28-31(13-19-49(43)64-58(37)55)34-25-35(32-14-20-50-44(29-32)38-17-23-53-56(59(38)65-50)41-8-2-5-11-47(41)62-53)27-36(26-34)33-15-21-51-45(30-33)39-18-24-54-57(60(39)66-51)42-9-3-6-12-48(42)63-54;1-4-10-43-37(7-1)55-49(61-43)19-22-52-58(55)40-28-31(13-16-46(40)64-52)34-25-35(32-14-17-47-41(29-32)59-53(65-47)23-20-50-56(59)38-8-2-5-11-44(38)62-50)27-36(26-34)33-15-18-48-42(30-33)60-54(66-48)24-21-51-57(60)39-9-3-6-12-45(39)63-51/h2*1-30H. The Balaban J connectivity index is 0.000000124. The second-order valence-corrected chi connectivity index (χ2v) is 34.9. The Labute approximate surface area is 742 Å². The van der Waals surface area contributed by atoms with Crippen LogP contribution in [0.2, 0.25) is 0 Å². The van der Waals surface area contributed by atoms with Gasteiger partial charge in [0.15, 0.2) is 0 Å². The molecule has 0 bridgehead atoms. The average Bonchev–Trinajstić information content (AvgIpc) is 1.52. The van der Waals surface area contributed by atoms with Crippen molar-refractivity contribution in [1.82, 2.24) is 0 Å². The van der Waals surface area contributed by atoms with Crippen LogP contribution in [0.15, 0.2) is 417 Å². The zero-order valence-corrected chi connectivity index (χ0v) is 69.5. The first-order valence-electron chi connectivity index (χ1n) is 44.2. The lowest BCUT2D eigenvalue weighted by Gasteiger charge is -2.12. The van der Waals surface area contributed by atoms with Crippen LogP contribution in [-0.2, 0) is 0 Å². The molecule has 20 aromatic carbocycles. The number of rotatable bonds is 6. The monoisotopic (exact) mass is 1690 g/mol. The van der Waals surface area contributed by atoms with Crippen LogP contribution in [0.1, 0.15) is 0 Å². The first-order chi connectivity index (χ1) is 65.3. The van der Waals surface area contributed by atoms with E-state index in [1.165, 1.54) is 0 Å². The van der Waals surface area contributed by atoms with E-state index in [2.05, 4.69) is 237 Å². The fraction of sp³-hybridized carbons (Fsp3) is 0. The Morgan fingerprint density at radius 2 is 0.250 bits per heavy atom. The van der Waals surface area contributed by atoms with Crippen molar-refractivity contribution in [3.05, 3.63) is 364 Å². The Hall–Kier alpha value is -18.0. The maximum atomic E-state index is 6.65. The van der Waals surface area contributed by atoms with Gasteiger partial charge in [-0.05, 0) is 285 Å². The number of para-hydroxylation sites is 6. The van der Waals surface area contributed by atoms with Crippen LogP contribution in [0.4, 0.5) is 0 Å². The van der Waals surface area contributed by atoms with E-state index in [9.17, 15) is 0 Å². The number of fused-ring (bicyclic) bond motifs is 42. The van der Waals surface area contributed by atoms with E-state index in [0.717, 1.165) is 330 Å². The molecule has 0 atom stereocenters. The summed E-state index contributed by atoms with van der Waals surface area (Å²) in [5.41, 5.74) is 33.0. The maximum Gasteiger partial charge on any atom is 0.147 e. The highest BCUT2D eigenvalue weighted by molar-refractivity contribution is 6.31.